The Hall–Kier alpha value is -4.24. The van der Waals surface area contributed by atoms with E-state index < -0.39 is 6.04 Å². The van der Waals surface area contributed by atoms with Crippen molar-refractivity contribution in [2.75, 3.05) is 20.3 Å². The van der Waals surface area contributed by atoms with Crippen LogP contribution in [-0.4, -0.2) is 58.1 Å². The van der Waals surface area contributed by atoms with Gasteiger partial charge in [0.2, 0.25) is 11.8 Å². The molecule has 2 atom stereocenters. The molecule has 0 bridgehead atoms. The lowest BCUT2D eigenvalue weighted by Gasteiger charge is -2.32. The maximum absolute atomic E-state index is 14.1. The highest BCUT2D eigenvalue weighted by molar-refractivity contribution is 5.89. The van der Waals surface area contributed by atoms with Crippen LogP contribution >= 0.6 is 0 Å². The summed E-state index contributed by atoms with van der Waals surface area (Å²) in [4.78, 5) is 29.6. The van der Waals surface area contributed by atoms with Crippen LogP contribution in [0.4, 0.5) is 0 Å². The number of benzene rings is 3. The Morgan fingerprint density at radius 1 is 1.10 bits per heavy atom. The maximum atomic E-state index is 14.1. The summed E-state index contributed by atoms with van der Waals surface area (Å²) in [5.41, 5.74) is 4.02. The van der Waals surface area contributed by atoms with Crippen LogP contribution in [-0.2, 0) is 27.4 Å². The third-order valence-corrected chi connectivity index (χ3v) is 7.04. The van der Waals surface area contributed by atoms with Gasteiger partial charge in [0, 0.05) is 18.7 Å². The standard InChI is InChI=1S/C30H33N5O4/c1-21-13-15-22(16-14-21)29(30(37)31-18-24-9-7-17-39-24)34(19-23-8-3-6-12-27(23)38-2)28(36)20-35-26-11-5-4-10-25(26)32-33-35/h3-6,8,10-16,24,29H,7,9,17-20H2,1-2H3,(H,31,37)/t24-,29+/m1/s1. The van der Waals surface area contributed by atoms with Crippen molar-refractivity contribution in [1.82, 2.24) is 25.2 Å². The van der Waals surface area contributed by atoms with Gasteiger partial charge in [-0.1, -0.05) is 65.4 Å². The first-order valence-corrected chi connectivity index (χ1v) is 13.2. The summed E-state index contributed by atoms with van der Waals surface area (Å²) in [7, 11) is 1.60. The van der Waals surface area contributed by atoms with E-state index >= 15 is 0 Å². The molecule has 9 nitrogen and oxygen atoms in total. The first-order valence-electron chi connectivity index (χ1n) is 13.2. The van der Waals surface area contributed by atoms with Crippen molar-refractivity contribution in [1.29, 1.82) is 0 Å². The lowest BCUT2D eigenvalue weighted by atomic mass is 10.0. The summed E-state index contributed by atoms with van der Waals surface area (Å²) in [6.45, 7) is 3.18. The molecule has 3 aromatic carbocycles. The van der Waals surface area contributed by atoms with E-state index in [2.05, 4.69) is 15.6 Å². The number of nitrogens with one attached hydrogen (secondary N) is 1. The van der Waals surface area contributed by atoms with Crippen LogP contribution in [0.3, 0.4) is 0 Å². The van der Waals surface area contributed by atoms with Crippen LogP contribution in [0.2, 0.25) is 0 Å². The summed E-state index contributed by atoms with van der Waals surface area (Å²) in [5, 5.41) is 11.5. The number of hydrogen-bond donors (Lipinski definition) is 1. The number of aromatic nitrogens is 3. The van der Waals surface area contributed by atoms with Crippen LogP contribution in [0.25, 0.3) is 11.0 Å². The molecule has 5 rings (SSSR count). The van der Waals surface area contributed by atoms with Gasteiger partial charge in [-0.05, 0) is 43.5 Å². The van der Waals surface area contributed by atoms with Crippen LogP contribution < -0.4 is 10.1 Å². The molecular weight excluding hydrogens is 494 g/mol. The number of hydrogen-bond acceptors (Lipinski definition) is 6. The van der Waals surface area contributed by atoms with E-state index in [9.17, 15) is 9.59 Å². The van der Waals surface area contributed by atoms with E-state index in [0.29, 0.717) is 24.4 Å². The van der Waals surface area contributed by atoms with Gasteiger partial charge in [-0.25, -0.2) is 4.68 Å². The molecular formula is C30H33N5O4. The topological polar surface area (TPSA) is 98.6 Å². The zero-order valence-electron chi connectivity index (χ0n) is 22.2. The predicted octanol–water partition coefficient (Wildman–Crippen LogP) is 3.81. The average molecular weight is 528 g/mol. The molecule has 0 saturated carbocycles. The van der Waals surface area contributed by atoms with Crippen molar-refractivity contribution in [2.45, 2.75) is 45.0 Å². The van der Waals surface area contributed by atoms with Gasteiger partial charge < -0.3 is 19.7 Å². The molecule has 1 saturated heterocycles. The van der Waals surface area contributed by atoms with Gasteiger partial charge in [0.25, 0.3) is 0 Å². The number of nitrogens with zero attached hydrogens (tertiary/aromatic N) is 4. The van der Waals surface area contributed by atoms with Crippen LogP contribution in [0.5, 0.6) is 5.75 Å². The molecule has 1 aromatic heterocycles. The monoisotopic (exact) mass is 527 g/mol. The largest absolute Gasteiger partial charge is 0.496 e. The molecule has 1 aliphatic heterocycles. The van der Waals surface area contributed by atoms with Crippen molar-refractivity contribution in [3.05, 3.63) is 89.5 Å². The molecule has 4 aromatic rings. The fourth-order valence-electron chi connectivity index (χ4n) is 4.93. The maximum Gasteiger partial charge on any atom is 0.247 e. The summed E-state index contributed by atoms with van der Waals surface area (Å²) in [6.07, 6.45) is 1.86. The minimum atomic E-state index is -0.876. The van der Waals surface area contributed by atoms with E-state index in [1.165, 1.54) is 0 Å². The number of fused-ring (bicyclic) bond motifs is 1. The number of aryl methyl sites for hydroxylation is 1. The highest BCUT2D eigenvalue weighted by atomic mass is 16.5. The Kier molecular flexibility index (Phi) is 8.17. The highest BCUT2D eigenvalue weighted by Gasteiger charge is 2.33. The Morgan fingerprint density at radius 2 is 1.87 bits per heavy atom. The van der Waals surface area contributed by atoms with E-state index in [1.807, 2.05) is 79.7 Å². The number of para-hydroxylation sites is 2. The quantitative estimate of drug-likeness (QED) is 0.337. The molecule has 0 unspecified atom stereocenters. The van der Waals surface area contributed by atoms with Crippen molar-refractivity contribution in [3.63, 3.8) is 0 Å². The summed E-state index contributed by atoms with van der Waals surface area (Å²) in [6, 6.07) is 21.8. The van der Waals surface area contributed by atoms with Gasteiger partial charge in [0.1, 0.15) is 23.9 Å². The normalized spacial score (nSPS) is 15.7. The molecule has 2 heterocycles. The Labute approximate surface area is 227 Å². The first-order chi connectivity index (χ1) is 19.0. The van der Waals surface area contributed by atoms with E-state index in [1.54, 1.807) is 16.7 Å². The number of carbonyl (C=O) groups is 2. The predicted molar refractivity (Wildman–Crippen MR) is 147 cm³/mol. The van der Waals surface area contributed by atoms with Gasteiger partial charge >= 0.3 is 0 Å². The second kappa shape index (κ2) is 12.1. The molecule has 202 valence electrons. The number of rotatable bonds is 10. The molecule has 1 aliphatic rings. The lowest BCUT2D eigenvalue weighted by Crippen LogP contribution is -2.46. The first kappa shape index (κ1) is 26.4. The minimum absolute atomic E-state index is 0.0208. The number of ether oxygens (including phenoxy) is 2. The zero-order chi connectivity index (χ0) is 27.2. The van der Waals surface area contributed by atoms with Crippen molar-refractivity contribution in [2.24, 2.45) is 0 Å². The summed E-state index contributed by atoms with van der Waals surface area (Å²) in [5.74, 6) is 0.111. The zero-order valence-corrected chi connectivity index (χ0v) is 22.2. The third-order valence-electron chi connectivity index (χ3n) is 7.04. The fourth-order valence-corrected chi connectivity index (χ4v) is 4.93. The molecule has 9 heteroatoms. The van der Waals surface area contributed by atoms with Gasteiger partial charge in [-0.3, -0.25) is 9.59 Å². The van der Waals surface area contributed by atoms with Gasteiger partial charge in [0.05, 0.1) is 25.3 Å². The van der Waals surface area contributed by atoms with E-state index in [-0.39, 0.29) is 31.0 Å². The molecule has 0 radical (unpaired) electrons. The lowest BCUT2D eigenvalue weighted by molar-refractivity contribution is -0.142. The van der Waals surface area contributed by atoms with Gasteiger partial charge in [-0.2, -0.15) is 0 Å². The summed E-state index contributed by atoms with van der Waals surface area (Å²) < 4.78 is 12.9. The van der Waals surface area contributed by atoms with Crippen molar-refractivity contribution >= 4 is 22.8 Å². The number of amides is 2. The van der Waals surface area contributed by atoms with Crippen molar-refractivity contribution in [3.8, 4) is 5.75 Å². The number of carbonyl (C=O) groups excluding carboxylic acids is 2. The van der Waals surface area contributed by atoms with E-state index in [4.69, 9.17) is 9.47 Å². The second-order valence-electron chi connectivity index (χ2n) is 9.76. The smallest absolute Gasteiger partial charge is 0.247 e. The van der Waals surface area contributed by atoms with E-state index in [0.717, 1.165) is 35.0 Å². The highest BCUT2D eigenvalue weighted by Crippen LogP contribution is 2.28. The van der Waals surface area contributed by atoms with Crippen LogP contribution in [0.1, 0.15) is 35.6 Å². The molecule has 39 heavy (non-hydrogen) atoms. The Morgan fingerprint density at radius 3 is 2.64 bits per heavy atom. The molecule has 1 N–H and O–H groups in total. The fraction of sp³-hybridized carbons (Fsp3) is 0.333. The van der Waals surface area contributed by atoms with Crippen molar-refractivity contribution < 1.29 is 19.1 Å². The minimum Gasteiger partial charge on any atom is -0.496 e. The average Bonchev–Trinajstić information content (AvgIpc) is 3.63. The summed E-state index contributed by atoms with van der Waals surface area (Å²) >= 11 is 0. The van der Waals surface area contributed by atoms with Gasteiger partial charge in [-0.15, -0.1) is 5.10 Å². The van der Waals surface area contributed by atoms with Crippen LogP contribution in [0.15, 0.2) is 72.8 Å². The molecule has 0 aliphatic carbocycles. The van der Waals surface area contributed by atoms with Crippen LogP contribution in [0, 0.1) is 6.92 Å². The molecule has 1 fully saturated rings. The van der Waals surface area contributed by atoms with Gasteiger partial charge in [0.15, 0.2) is 0 Å². The third kappa shape index (κ3) is 6.09. The Balaban J connectivity index is 1.51. The SMILES string of the molecule is COc1ccccc1CN(C(=O)Cn1nnc2ccccc21)[C@H](C(=O)NC[C@H]1CCCO1)c1ccc(C)cc1. The molecule has 0 spiro atoms. The Bertz CT molecular complexity index is 1430. The number of methoxy groups -OCH3 is 1. The molecule has 2 amide bonds. The second-order valence-corrected chi connectivity index (χ2v) is 9.76.